The highest BCUT2D eigenvalue weighted by Crippen LogP contribution is 2.41. The number of nitrogens with zero attached hydrogens (tertiary/aromatic N) is 3. The van der Waals surface area contributed by atoms with Crippen molar-refractivity contribution in [3.05, 3.63) is 59.5 Å². The molecule has 0 unspecified atom stereocenters. The maximum absolute atomic E-state index is 13.9. The summed E-state index contributed by atoms with van der Waals surface area (Å²) in [6, 6.07) is 7.08. The maximum atomic E-state index is 13.9. The lowest BCUT2D eigenvalue weighted by molar-refractivity contribution is 0.0248. The lowest BCUT2D eigenvalue weighted by Gasteiger charge is -2.41. The van der Waals surface area contributed by atoms with E-state index in [1.807, 2.05) is 37.2 Å². The average molecular weight is 547 g/mol. The highest BCUT2D eigenvalue weighted by Gasteiger charge is 2.35. The molecule has 1 aliphatic rings. The van der Waals surface area contributed by atoms with Gasteiger partial charge in [0, 0.05) is 56.9 Å². The Morgan fingerprint density at radius 3 is 2.56 bits per heavy atom. The number of hydrogen-bond acceptors (Lipinski definition) is 7. The van der Waals surface area contributed by atoms with Gasteiger partial charge in [-0.05, 0) is 62.4 Å². The minimum Gasteiger partial charge on any atom is -0.497 e. The van der Waals surface area contributed by atoms with E-state index in [9.17, 15) is 23.4 Å². The normalized spacial score (nSPS) is 16.3. The van der Waals surface area contributed by atoms with Crippen LogP contribution in [0.3, 0.4) is 0 Å². The first-order valence-corrected chi connectivity index (χ1v) is 13.2. The fraction of sp³-hybridized carbons (Fsp3) is 0.483. The Bertz CT molecular complexity index is 1280. The van der Waals surface area contributed by atoms with Crippen LogP contribution in [0, 0.1) is 22.9 Å². The number of hydrogen-bond donors (Lipinski definition) is 3. The monoisotopic (exact) mass is 546 g/mol. The molecular weight excluding hydrogens is 509 g/mol. The van der Waals surface area contributed by atoms with Crippen molar-refractivity contribution in [1.82, 2.24) is 9.88 Å². The number of anilines is 2. The molecule has 0 aliphatic carbocycles. The fourth-order valence-corrected chi connectivity index (χ4v) is 5.37. The van der Waals surface area contributed by atoms with E-state index in [4.69, 9.17) is 4.74 Å². The van der Waals surface area contributed by atoms with E-state index in [-0.39, 0.29) is 17.7 Å². The van der Waals surface area contributed by atoms with Crippen LogP contribution >= 0.6 is 0 Å². The van der Waals surface area contributed by atoms with Crippen LogP contribution < -0.4 is 15.0 Å². The van der Waals surface area contributed by atoms with E-state index in [2.05, 4.69) is 15.2 Å². The van der Waals surface area contributed by atoms with Crippen molar-refractivity contribution in [3.8, 4) is 5.75 Å². The number of likely N-dealkylation sites (tertiary alicyclic amines) is 1. The van der Waals surface area contributed by atoms with Gasteiger partial charge in [0.05, 0.1) is 36.3 Å². The fourth-order valence-electron chi connectivity index (χ4n) is 5.37. The van der Waals surface area contributed by atoms with Crippen molar-refractivity contribution in [2.45, 2.75) is 31.8 Å². The summed E-state index contributed by atoms with van der Waals surface area (Å²) in [6.45, 7) is 2.35. The molecule has 4 rings (SSSR count). The van der Waals surface area contributed by atoms with Crippen LogP contribution in [0.1, 0.15) is 37.4 Å². The van der Waals surface area contributed by atoms with Gasteiger partial charge in [0.1, 0.15) is 11.6 Å². The minimum absolute atomic E-state index is 0.0189. The maximum Gasteiger partial charge on any atom is 0.182 e. The van der Waals surface area contributed by atoms with Gasteiger partial charge in [0.25, 0.3) is 0 Å². The third-order valence-corrected chi connectivity index (χ3v) is 7.85. The third kappa shape index (κ3) is 6.57. The summed E-state index contributed by atoms with van der Waals surface area (Å²) in [5, 5.41) is 25.4. The minimum atomic E-state index is -1.22. The van der Waals surface area contributed by atoms with Gasteiger partial charge in [-0.25, -0.2) is 13.2 Å². The highest BCUT2D eigenvalue weighted by molar-refractivity contribution is 5.88. The second-order valence-corrected chi connectivity index (χ2v) is 10.6. The Hall–Kier alpha value is -3.08. The number of halogens is 3. The van der Waals surface area contributed by atoms with Gasteiger partial charge in [0.15, 0.2) is 11.6 Å². The Morgan fingerprint density at radius 2 is 1.90 bits per heavy atom. The summed E-state index contributed by atoms with van der Waals surface area (Å²) in [7, 11) is 5.43. The van der Waals surface area contributed by atoms with Crippen LogP contribution in [0.4, 0.5) is 24.5 Å². The van der Waals surface area contributed by atoms with Crippen LogP contribution in [-0.2, 0) is 0 Å². The molecule has 7 nitrogen and oxygen atoms in total. The molecule has 0 amide bonds. The van der Waals surface area contributed by atoms with Gasteiger partial charge in [-0.1, -0.05) is 0 Å². The number of aromatic nitrogens is 1. The molecule has 1 aromatic heterocycles. The van der Waals surface area contributed by atoms with E-state index >= 15 is 0 Å². The largest absolute Gasteiger partial charge is 0.497 e. The van der Waals surface area contributed by atoms with E-state index < -0.39 is 23.6 Å². The van der Waals surface area contributed by atoms with Crippen molar-refractivity contribution in [1.29, 1.82) is 0 Å². The summed E-state index contributed by atoms with van der Waals surface area (Å²) in [6.07, 6.45) is 3.61. The molecule has 2 aromatic carbocycles. The number of nitrogens with one attached hydrogen (secondary N) is 1. The van der Waals surface area contributed by atoms with Gasteiger partial charge in [-0.3, -0.25) is 4.98 Å². The van der Waals surface area contributed by atoms with Gasteiger partial charge in [-0.15, -0.1) is 0 Å². The Balaban J connectivity index is 1.38. The highest BCUT2D eigenvalue weighted by atomic mass is 19.2. The van der Waals surface area contributed by atoms with Crippen molar-refractivity contribution >= 4 is 22.3 Å². The number of rotatable bonds is 11. The zero-order chi connectivity index (χ0) is 28.2. The smallest absolute Gasteiger partial charge is 0.182 e. The molecule has 0 spiro atoms. The van der Waals surface area contributed by atoms with Gasteiger partial charge < -0.3 is 30.1 Å². The standard InChI is InChI=1S/C29H37F3N4O3/c1-35(2)25-17-34-23-5-4-20(39-3)16-21(23)27(25)26(38)6-7-29(18-37)8-11-36(12-9-29)13-10-33-24-15-19(30)14-22(31)28(24)32/h4-5,14-17,26,33,37-38H,6-13,18H2,1-3H3/t26-/m1/s1. The number of aliphatic hydroxyl groups excluding tert-OH is 2. The quantitative estimate of drug-likeness (QED) is 0.300. The van der Waals surface area contributed by atoms with Crippen LogP contribution in [0.15, 0.2) is 36.5 Å². The molecule has 1 atom stereocenters. The van der Waals surface area contributed by atoms with Crippen LogP contribution in [-0.4, -0.2) is 74.1 Å². The van der Waals surface area contributed by atoms with E-state index in [1.165, 1.54) is 0 Å². The molecule has 1 saturated heterocycles. The molecule has 3 N–H and O–H groups in total. The predicted octanol–water partition coefficient (Wildman–Crippen LogP) is 4.73. The topological polar surface area (TPSA) is 81.1 Å². The van der Waals surface area contributed by atoms with Gasteiger partial charge >= 0.3 is 0 Å². The molecule has 10 heteroatoms. The lowest BCUT2D eigenvalue weighted by atomic mass is 9.74. The molecule has 0 radical (unpaired) electrons. The van der Waals surface area contributed by atoms with Crippen LogP contribution in [0.2, 0.25) is 0 Å². The number of benzene rings is 2. The summed E-state index contributed by atoms with van der Waals surface area (Å²) in [5.41, 5.74) is 1.89. The predicted molar refractivity (Wildman–Crippen MR) is 147 cm³/mol. The Labute approximate surface area is 227 Å². The number of ether oxygens (including phenoxy) is 1. The molecule has 1 aliphatic heterocycles. The van der Waals surface area contributed by atoms with Gasteiger partial charge in [-0.2, -0.15) is 0 Å². The third-order valence-electron chi connectivity index (χ3n) is 7.85. The first kappa shape index (κ1) is 28.9. The SMILES string of the molecule is COc1ccc2ncc(N(C)C)c([C@H](O)CCC3(CO)CCN(CCNc4cc(F)cc(F)c4F)CC3)c2c1. The average Bonchev–Trinajstić information content (AvgIpc) is 2.94. The zero-order valence-electron chi connectivity index (χ0n) is 22.7. The lowest BCUT2D eigenvalue weighted by Crippen LogP contribution is -2.43. The van der Waals surface area contributed by atoms with E-state index in [1.54, 1.807) is 13.3 Å². The molecular formula is C29H37F3N4O3. The van der Waals surface area contributed by atoms with Crippen molar-refractivity contribution < 1.29 is 28.1 Å². The molecule has 0 saturated carbocycles. The number of methoxy groups -OCH3 is 1. The molecule has 1 fully saturated rings. The molecule has 2 heterocycles. The summed E-state index contributed by atoms with van der Waals surface area (Å²) < 4.78 is 46.1. The summed E-state index contributed by atoms with van der Waals surface area (Å²) >= 11 is 0. The van der Waals surface area contributed by atoms with Crippen molar-refractivity contribution in [3.63, 3.8) is 0 Å². The number of fused-ring (bicyclic) bond motifs is 1. The van der Waals surface area contributed by atoms with E-state index in [0.29, 0.717) is 37.7 Å². The van der Waals surface area contributed by atoms with Gasteiger partial charge in [0.2, 0.25) is 0 Å². The first-order chi connectivity index (χ1) is 18.7. The molecule has 0 bridgehead atoms. The second kappa shape index (κ2) is 12.4. The van der Waals surface area contributed by atoms with Crippen molar-refractivity contribution in [2.75, 3.05) is 64.2 Å². The van der Waals surface area contributed by atoms with Crippen LogP contribution in [0.5, 0.6) is 5.75 Å². The second-order valence-electron chi connectivity index (χ2n) is 10.6. The number of piperidine rings is 1. The van der Waals surface area contributed by atoms with Crippen molar-refractivity contribution in [2.24, 2.45) is 5.41 Å². The molecule has 212 valence electrons. The van der Waals surface area contributed by atoms with E-state index in [0.717, 1.165) is 54.2 Å². The number of pyridine rings is 1. The molecule has 3 aromatic rings. The number of aliphatic hydroxyl groups is 2. The Morgan fingerprint density at radius 1 is 1.15 bits per heavy atom. The van der Waals surface area contributed by atoms with Crippen LogP contribution in [0.25, 0.3) is 10.9 Å². The first-order valence-electron chi connectivity index (χ1n) is 13.2. The summed E-state index contributed by atoms with van der Waals surface area (Å²) in [5.74, 6) is -2.46. The zero-order valence-corrected chi connectivity index (χ0v) is 22.7. The Kier molecular flexibility index (Phi) is 9.19. The molecule has 39 heavy (non-hydrogen) atoms. The summed E-state index contributed by atoms with van der Waals surface area (Å²) in [4.78, 5) is 8.66.